The van der Waals surface area contributed by atoms with Crippen LogP contribution in [0.3, 0.4) is 0 Å². The van der Waals surface area contributed by atoms with E-state index in [0.29, 0.717) is 18.4 Å². The van der Waals surface area contributed by atoms with Gasteiger partial charge < -0.3 is 10.5 Å². The van der Waals surface area contributed by atoms with E-state index in [9.17, 15) is 17.6 Å². The first-order valence-corrected chi connectivity index (χ1v) is 6.91. The third kappa shape index (κ3) is 3.87. The van der Waals surface area contributed by atoms with Gasteiger partial charge in [-0.2, -0.15) is 13.2 Å². The van der Waals surface area contributed by atoms with E-state index in [-0.39, 0.29) is 25.0 Å². The number of ether oxygens (including phenoxy) is 1. The normalized spacial score (nSPS) is 26.7. The van der Waals surface area contributed by atoms with Gasteiger partial charge in [0.1, 0.15) is 0 Å². The number of halogens is 4. The van der Waals surface area contributed by atoms with Crippen LogP contribution in [0.4, 0.5) is 17.6 Å². The summed E-state index contributed by atoms with van der Waals surface area (Å²) in [7, 11) is 1.36. The van der Waals surface area contributed by atoms with Gasteiger partial charge in [0.25, 0.3) is 0 Å². The highest BCUT2D eigenvalue weighted by Gasteiger charge is 2.46. The summed E-state index contributed by atoms with van der Waals surface area (Å²) in [5.41, 5.74) is 5.81. The Labute approximate surface area is 121 Å². The molecule has 0 bridgehead atoms. The Balaban J connectivity index is 2.12. The van der Waals surface area contributed by atoms with Crippen LogP contribution in [0.25, 0.3) is 0 Å². The predicted molar refractivity (Wildman–Crippen MR) is 71.6 cm³/mol. The molecular weight excluding hydrogens is 286 g/mol. The fourth-order valence-corrected chi connectivity index (χ4v) is 3.06. The molecule has 2 rings (SSSR count). The molecule has 1 aromatic carbocycles. The zero-order valence-corrected chi connectivity index (χ0v) is 11.8. The summed E-state index contributed by atoms with van der Waals surface area (Å²) < 4.78 is 57.0. The number of rotatable bonds is 3. The maximum absolute atomic E-state index is 13.6. The van der Waals surface area contributed by atoms with Crippen molar-refractivity contribution >= 4 is 0 Å². The molecule has 118 valence electrons. The molecule has 2 atom stereocenters. The van der Waals surface area contributed by atoms with Gasteiger partial charge in [0.15, 0.2) is 11.6 Å². The van der Waals surface area contributed by atoms with Gasteiger partial charge in [-0.25, -0.2) is 4.39 Å². The summed E-state index contributed by atoms with van der Waals surface area (Å²) in [6.45, 7) is 0. The third-order valence-electron chi connectivity index (χ3n) is 4.12. The fraction of sp³-hybridized carbons (Fsp3) is 0.600. The first-order chi connectivity index (χ1) is 9.73. The lowest BCUT2D eigenvalue weighted by molar-refractivity contribution is -0.187. The molecule has 0 aliphatic heterocycles. The monoisotopic (exact) mass is 305 g/mol. The van der Waals surface area contributed by atoms with Crippen LogP contribution >= 0.6 is 0 Å². The molecule has 2 nitrogen and oxygen atoms in total. The topological polar surface area (TPSA) is 35.2 Å². The van der Waals surface area contributed by atoms with E-state index in [1.165, 1.54) is 19.2 Å². The smallest absolute Gasteiger partial charge is 0.391 e. The fourth-order valence-electron chi connectivity index (χ4n) is 3.06. The zero-order valence-electron chi connectivity index (χ0n) is 11.8. The SMILES string of the molecule is COc1ccc(CC2(N)CCCC(C(F)(F)F)C2)cc1F. The van der Waals surface area contributed by atoms with E-state index in [2.05, 4.69) is 0 Å². The van der Waals surface area contributed by atoms with Gasteiger partial charge in [-0.05, 0) is 43.4 Å². The molecule has 6 heteroatoms. The maximum atomic E-state index is 13.6. The Bertz CT molecular complexity index is 503. The lowest BCUT2D eigenvalue weighted by Gasteiger charge is -2.39. The van der Waals surface area contributed by atoms with E-state index in [4.69, 9.17) is 10.5 Å². The Morgan fingerprint density at radius 3 is 2.67 bits per heavy atom. The first kappa shape index (κ1) is 16.1. The Morgan fingerprint density at radius 2 is 2.10 bits per heavy atom. The van der Waals surface area contributed by atoms with Crippen LogP contribution in [-0.4, -0.2) is 18.8 Å². The van der Waals surface area contributed by atoms with E-state index < -0.39 is 23.5 Å². The largest absolute Gasteiger partial charge is 0.494 e. The van der Waals surface area contributed by atoms with Crippen LogP contribution in [0.1, 0.15) is 31.2 Å². The van der Waals surface area contributed by atoms with Crippen LogP contribution in [0, 0.1) is 11.7 Å². The summed E-state index contributed by atoms with van der Waals surface area (Å²) in [6, 6.07) is 4.40. The molecule has 0 radical (unpaired) electrons. The lowest BCUT2D eigenvalue weighted by atomic mass is 9.73. The summed E-state index contributed by atoms with van der Waals surface area (Å²) in [5.74, 6) is -1.78. The molecule has 1 aliphatic carbocycles. The van der Waals surface area contributed by atoms with Crippen molar-refractivity contribution in [2.75, 3.05) is 7.11 Å². The second-order valence-electron chi connectivity index (χ2n) is 5.84. The standard InChI is InChI=1S/C15H19F4NO/c1-21-13-5-4-10(7-12(13)16)8-14(20)6-2-3-11(9-14)15(17,18)19/h4-5,7,11H,2-3,6,8-9,20H2,1H3. The second-order valence-corrected chi connectivity index (χ2v) is 5.84. The van der Waals surface area contributed by atoms with E-state index in [1.807, 2.05) is 0 Å². The molecule has 1 fully saturated rings. The molecule has 0 spiro atoms. The van der Waals surface area contributed by atoms with Crippen molar-refractivity contribution in [1.82, 2.24) is 0 Å². The van der Waals surface area contributed by atoms with Crippen LogP contribution < -0.4 is 10.5 Å². The average Bonchev–Trinajstić information content (AvgIpc) is 2.37. The molecule has 21 heavy (non-hydrogen) atoms. The third-order valence-corrected chi connectivity index (χ3v) is 4.12. The van der Waals surface area contributed by atoms with Crippen molar-refractivity contribution in [3.63, 3.8) is 0 Å². The summed E-state index contributed by atoms with van der Waals surface area (Å²) in [6.07, 6.45) is -2.99. The molecular formula is C15H19F4NO. The van der Waals surface area contributed by atoms with Crippen molar-refractivity contribution in [3.8, 4) is 5.75 Å². The molecule has 1 saturated carbocycles. The van der Waals surface area contributed by atoms with E-state index >= 15 is 0 Å². The van der Waals surface area contributed by atoms with Crippen LogP contribution in [0.15, 0.2) is 18.2 Å². The van der Waals surface area contributed by atoms with Crippen molar-refractivity contribution in [2.24, 2.45) is 11.7 Å². The number of benzene rings is 1. The number of hydrogen-bond donors (Lipinski definition) is 1. The van der Waals surface area contributed by atoms with Gasteiger partial charge in [0, 0.05) is 5.54 Å². The van der Waals surface area contributed by atoms with Crippen molar-refractivity contribution < 1.29 is 22.3 Å². The second kappa shape index (κ2) is 5.83. The Hall–Kier alpha value is -1.30. The quantitative estimate of drug-likeness (QED) is 0.862. The van der Waals surface area contributed by atoms with Gasteiger partial charge in [-0.1, -0.05) is 12.5 Å². The summed E-state index contributed by atoms with van der Waals surface area (Å²) in [5, 5.41) is 0. The van der Waals surface area contributed by atoms with Crippen LogP contribution in [0.2, 0.25) is 0 Å². The molecule has 0 amide bonds. The number of methoxy groups -OCH3 is 1. The van der Waals surface area contributed by atoms with Gasteiger partial charge in [-0.15, -0.1) is 0 Å². The summed E-state index contributed by atoms with van der Waals surface area (Å²) in [4.78, 5) is 0. The number of nitrogens with two attached hydrogens (primary N) is 1. The van der Waals surface area contributed by atoms with Crippen LogP contribution in [-0.2, 0) is 6.42 Å². The highest BCUT2D eigenvalue weighted by molar-refractivity contribution is 5.30. The van der Waals surface area contributed by atoms with Gasteiger partial charge in [0.2, 0.25) is 0 Å². The van der Waals surface area contributed by atoms with Crippen LogP contribution in [0.5, 0.6) is 5.75 Å². The van der Waals surface area contributed by atoms with Gasteiger partial charge in [0.05, 0.1) is 13.0 Å². The molecule has 1 aliphatic rings. The molecule has 2 unspecified atom stereocenters. The first-order valence-electron chi connectivity index (χ1n) is 6.91. The van der Waals surface area contributed by atoms with E-state index in [0.717, 1.165) is 0 Å². The summed E-state index contributed by atoms with van der Waals surface area (Å²) >= 11 is 0. The average molecular weight is 305 g/mol. The number of alkyl halides is 3. The molecule has 0 saturated heterocycles. The minimum Gasteiger partial charge on any atom is -0.494 e. The Kier molecular flexibility index (Phi) is 4.46. The molecule has 0 heterocycles. The number of hydrogen-bond acceptors (Lipinski definition) is 2. The van der Waals surface area contributed by atoms with E-state index in [1.54, 1.807) is 6.07 Å². The molecule has 1 aromatic rings. The highest BCUT2D eigenvalue weighted by atomic mass is 19.4. The zero-order chi connectivity index (χ0) is 15.7. The maximum Gasteiger partial charge on any atom is 0.391 e. The van der Waals surface area contributed by atoms with Gasteiger partial charge in [-0.3, -0.25) is 0 Å². The minimum atomic E-state index is -4.21. The molecule has 2 N–H and O–H groups in total. The van der Waals surface area contributed by atoms with Crippen molar-refractivity contribution in [2.45, 2.75) is 43.8 Å². The lowest BCUT2D eigenvalue weighted by Crippen LogP contribution is -2.48. The van der Waals surface area contributed by atoms with Crippen molar-refractivity contribution in [3.05, 3.63) is 29.6 Å². The molecule has 0 aromatic heterocycles. The van der Waals surface area contributed by atoms with Crippen molar-refractivity contribution in [1.29, 1.82) is 0 Å². The highest BCUT2D eigenvalue weighted by Crippen LogP contribution is 2.42. The van der Waals surface area contributed by atoms with Gasteiger partial charge >= 0.3 is 6.18 Å². The Morgan fingerprint density at radius 1 is 1.38 bits per heavy atom. The predicted octanol–water partition coefficient (Wildman–Crippen LogP) is 3.83. The minimum absolute atomic E-state index is 0.107.